The maximum absolute atomic E-state index is 11.4. The molecule has 0 bridgehead atoms. The SMILES string of the molecule is [C-]#[N+]C(=COC(=O)C(Br)(Br)Br)c1ccccc1. The molecule has 17 heavy (non-hydrogen) atoms. The molecule has 3 nitrogen and oxygen atoms in total. The normalized spacial score (nSPS) is 11.8. The average molecular weight is 424 g/mol. The van der Waals surface area contributed by atoms with Gasteiger partial charge in [-0.2, -0.15) is 0 Å². The highest BCUT2D eigenvalue weighted by molar-refractivity contribution is 9.40. The first-order valence-electron chi connectivity index (χ1n) is 4.36. The molecule has 0 aromatic heterocycles. The minimum atomic E-state index is -1.13. The summed E-state index contributed by atoms with van der Waals surface area (Å²) in [6.07, 6.45) is 1.13. The second kappa shape index (κ2) is 6.34. The zero-order chi connectivity index (χ0) is 12.9. The van der Waals surface area contributed by atoms with Crippen LogP contribution in [0.1, 0.15) is 5.56 Å². The van der Waals surface area contributed by atoms with E-state index in [-0.39, 0.29) is 5.70 Å². The maximum Gasteiger partial charge on any atom is 0.348 e. The van der Waals surface area contributed by atoms with Crippen molar-refractivity contribution >= 4 is 59.5 Å². The van der Waals surface area contributed by atoms with Crippen LogP contribution in [0.2, 0.25) is 0 Å². The van der Waals surface area contributed by atoms with Crippen molar-refractivity contribution in [1.29, 1.82) is 0 Å². The van der Waals surface area contributed by atoms with Crippen molar-refractivity contribution in [2.24, 2.45) is 0 Å². The summed E-state index contributed by atoms with van der Waals surface area (Å²) >= 11 is 9.07. The molecular weight excluding hydrogens is 418 g/mol. The smallest absolute Gasteiger partial charge is 0.348 e. The van der Waals surface area contributed by atoms with Crippen LogP contribution in [0.5, 0.6) is 0 Å². The summed E-state index contributed by atoms with van der Waals surface area (Å²) in [4.78, 5) is 14.7. The van der Waals surface area contributed by atoms with Crippen molar-refractivity contribution in [3.63, 3.8) is 0 Å². The summed E-state index contributed by atoms with van der Waals surface area (Å²) in [6.45, 7) is 7.03. The lowest BCUT2D eigenvalue weighted by molar-refractivity contribution is -0.135. The lowest BCUT2D eigenvalue weighted by atomic mass is 10.2. The third-order valence-electron chi connectivity index (χ3n) is 1.70. The third-order valence-corrected chi connectivity index (χ3v) is 2.67. The van der Waals surface area contributed by atoms with Crippen LogP contribution in [0.15, 0.2) is 36.6 Å². The summed E-state index contributed by atoms with van der Waals surface area (Å²) in [5, 5.41) is 0. The van der Waals surface area contributed by atoms with E-state index in [9.17, 15) is 4.79 Å². The van der Waals surface area contributed by atoms with Gasteiger partial charge in [0, 0.05) is 0 Å². The first-order valence-corrected chi connectivity index (χ1v) is 6.74. The molecule has 0 N–H and O–H groups in total. The number of alkyl halides is 3. The highest BCUT2D eigenvalue weighted by atomic mass is 80.0. The molecule has 0 aliphatic carbocycles. The van der Waals surface area contributed by atoms with Gasteiger partial charge in [0.2, 0.25) is 7.84 Å². The molecular formula is C11H6Br3NO2. The first-order chi connectivity index (χ1) is 7.95. The van der Waals surface area contributed by atoms with Gasteiger partial charge in [0.15, 0.2) is 0 Å². The number of hydrogen-bond acceptors (Lipinski definition) is 2. The van der Waals surface area contributed by atoms with Gasteiger partial charge < -0.3 is 4.74 Å². The van der Waals surface area contributed by atoms with Crippen molar-refractivity contribution in [2.45, 2.75) is 2.14 Å². The van der Waals surface area contributed by atoms with E-state index in [2.05, 4.69) is 52.6 Å². The zero-order valence-corrected chi connectivity index (χ0v) is 13.1. The van der Waals surface area contributed by atoms with Gasteiger partial charge in [-0.1, -0.05) is 30.3 Å². The average Bonchev–Trinajstić information content (AvgIpc) is 2.29. The minimum absolute atomic E-state index is 0.260. The van der Waals surface area contributed by atoms with Crippen LogP contribution < -0.4 is 0 Å². The van der Waals surface area contributed by atoms with Crippen LogP contribution in [0, 0.1) is 6.57 Å². The minimum Gasteiger partial charge on any atom is -0.444 e. The Hall–Kier alpha value is -0.640. The van der Waals surface area contributed by atoms with Crippen molar-refractivity contribution in [3.05, 3.63) is 53.6 Å². The quantitative estimate of drug-likeness (QED) is 0.307. The molecule has 1 aromatic rings. The van der Waals surface area contributed by atoms with Gasteiger partial charge in [0.25, 0.3) is 0 Å². The molecule has 0 atom stereocenters. The number of benzene rings is 1. The molecule has 0 unspecified atom stereocenters. The van der Waals surface area contributed by atoms with E-state index >= 15 is 0 Å². The monoisotopic (exact) mass is 421 g/mol. The van der Waals surface area contributed by atoms with Crippen molar-refractivity contribution in [3.8, 4) is 0 Å². The van der Waals surface area contributed by atoms with Crippen LogP contribution in [0.3, 0.4) is 0 Å². The van der Waals surface area contributed by atoms with E-state index in [0.717, 1.165) is 6.26 Å². The Kier molecular flexibility index (Phi) is 5.37. The molecule has 0 aliphatic heterocycles. The van der Waals surface area contributed by atoms with E-state index in [1.54, 1.807) is 24.3 Å². The molecule has 6 heteroatoms. The van der Waals surface area contributed by atoms with Gasteiger partial charge in [0.1, 0.15) is 6.26 Å². The molecule has 1 rings (SSSR count). The van der Waals surface area contributed by atoms with E-state index < -0.39 is 8.11 Å². The fourth-order valence-electron chi connectivity index (χ4n) is 0.944. The number of rotatable bonds is 2. The Balaban J connectivity index is 2.85. The Labute approximate surface area is 124 Å². The maximum atomic E-state index is 11.4. The number of nitrogens with zero attached hydrogens (tertiary/aromatic N) is 1. The number of carbonyl (C=O) groups is 1. The Morgan fingerprint density at radius 2 is 1.88 bits per heavy atom. The van der Waals surface area contributed by atoms with Crippen LogP contribution in [-0.2, 0) is 9.53 Å². The second-order valence-corrected chi connectivity index (χ2v) is 9.64. The molecule has 1 aromatic carbocycles. The molecule has 0 aliphatic rings. The van der Waals surface area contributed by atoms with E-state index in [4.69, 9.17) is 11.3 Å². The lowest BCUT2D eigenvalue weighted by Gasteiger charge is -2.08. The summed E-state index contributed by atoms with van der Waals surface area (Å²) in [6, 6.07) is 8.99. The van der Waals surface area contributed by atoms with Gasteiger partial charge in [0.05, 0.1) is 6.57 Å². The number of carbonyl (C=O) groups excluding carboxylic acids is 1. The second-order valence-electron chi connectivity index (χ2n) is 2.88. The molecule has 0 spiro atoms. The van der Waals surface area contributed by atoms with Gasteiger partial charge in [-0.25, -0.2) is 9.64 Å². The number of hydrogen-bond donors (Lipinski definition) is 0. The first kappa shape index (κ1) is 14.4. The standard InChI is InChI=1S/C11H6Br3NO2/c1-15-9(8-5-3-2-4-6-8)7-17-10(16)11(12,13)14/h2-7H. The van der Waals surface area contributed by atoms with Crippen molar-refractivity contribution in [2.75, 3.05) is 0 Å². The molecule has 0 heterocycles. The van der Waals surface area contributed by atoms with Crippen LogP contribution >= 0.6 is 47.8 Å². The van der Waals surface area contributed by atoms with Gasteiger partial charge in [-0.15, -0.1) is 0 Å². The Morgan fingerprint density at radius 3 is 2.35 bits per heavy atom. The zero-order valence-electron chi connectivity index (χ0n) is 8.36. The van der Waals surface area contributed by atoms with Crippen LogP contribution in [0.4, 0.5) is 0 Å². The Morgan fingerprint density at radius 1 is 1.29 bits per heavy atom. The third kappa shape index (κ3) is 4.62. The Bertz CT molecular complexity index is 472. The van der Waals surface area contributed by atoms with E-state index in [1.165, 1.54) is 0 Å². The summed E-state index contributed by atoms with van der Waals surface area (Å²) < 4.78 is 3.73. The summed E-state index contributed by atoms with van der Waals surface area (Å²) in [5.74, 6) is -0.602. The van der Waals surface area contributed by atoms with E-state index in [0.29, 0.717) is 5.56 Å². The number of esters is 1. The number of ether oxygens (including phenoxy) is 1. The molecule has 0 saturated carbocycles. The molecule has 0 saturated heterocycles. The van der Waals surface area contributed by atoms with Crippen molar-refractivity contribution < 1.29 is 9.53 Å². The fraction of sp³-hybridized carbons (Fsp3) is 0.0909. The predicted molar refractivity (Wildman–Crippen MR) is 76.6 cm³/mol. The molecule has 0 radical (unpaired) electrons. The molecule has 0 amide bonds. The topological polar surface area (TPSA) is 30.7 Å². The van der Waals surface area contributed by atoms with E-state index in [1.807, 2.05) is 6.07 Å². The van der Waals surface area contributed by atoms with Gasteiger partial charge in [-0.05, 0) is 53.4 Å². The highest BCUT2D eigenvalue weighted by Gasteiger charge is 2.30. The van der Waals surface area contributed by atoms with Gasteiger partial charge in [-0.3, -0.25) is 0 Å². The molecule has 88 valence electrons. The fourth-order valence-corrected chi connectivity index (χ4v) is 1.22. The summed E-state index contributed by atoms with van der Waals surface area (Å²) in [7, 11) is 0. The van der Waals surface area contributed by atoms with Gasteiger partial charge >= 0.3 is 5.97 Å². The largest absolute Gasteiger partial charge is 0.444 e. The van der Waals surface area contributed by atoms with Crippen LogP contribution in [-0.4, -0.2) is 8.11 Å². The van der Waals surface area contributed by atoms with Crippen LogP contribution in [0.25, 0.3) is 10.5 Å². The number of halogens is 3. The van der Waals surface area contributed by atoms with Crippen molar-refractivity contribution in [1.82, 2.24) is 0 Å². The summed E-state index contributed by atoms with van der Waals surface area (Å²) in [5.41, 5.74) is 0.954. The highest BCUT2D eigenvalue weighted by Crippen LogP contribution is 2.35. The predicted octanol–water partition coefficient (Wildman–Crippen LogP) is 4.29. The lowest BCUT2D eigenvalue weighted by Crippen LogP contribution is -2.17. The molecule has 0 fully saturated rings.